The van der Waals surface area contributed by atoms with Crippen LogP contribution < -0.4 is 9.62 Å². The average Bonchev–Trinajstić information content (AvgIpc) is 2.56. The number of hydrogen-bond donors (Lipinski definition) is 1. The van der Waals surface area contributed by atoms with Crippen molar-refractivity contribution in [1.29, 1.82) is 0 Å². The van der Waals surface area contributed by atoms with Crippen molar-refractivity contribution < 1.29 is 30.8 Å². The number of alkyl halides is 3. The van der Waals surface area contributed by atoms with Crippen LogP contribution in [0.2, 0.25) is 0 Å². The Balaban J connectivity index is 2.09. The molecule has 0 aliphatic rings. The second-order valence-electron chi connectivity index (χ2n) is 5.72. The number of hydrogen-bond acceptors (Lipinski definition) is 3. The molecule has 0 aliphatic carbocycles. The van der Waals surface area contributed by atoms with Gasteiger partial charge in [0.15, 0.2) is 0 Å². The molecule has 0 radical (unpaired) electrons. The first-order valence-corrected chi connectivity index (χ1v) is 9.48. The summed E-state index contributed by atoms with van der Waals surface area (Å²) in [6, 6.07) is 9.10. The first kappa shape index (κ1) is 20.7. The molecular weight excluding hydrogens is 388 g/mol. The van der Waals surface area contributed by atoms with Gasteiger partial charge in [-0.2, -0.15) is 13.2 Å². The number of carbonyl (C=O) groups excluding carboxylic acids is 1. The maximum atomic E-state index is 13.3. The highest BCUT2D eigenvalue weighted by Gasteiger charge is 2.30. The average molecular weight is 404 g/mol. The van der Waals surface area contributed by atoms with Crippen molar-refractivity contribution in [1.82, 2.24) is 5.32 Å². The lowest BCUT2D eigenvalue weighted by molar-refractivity contribution is -0.137. The quantitative estimate of drug-likeness (QED) is 0.753. The van der Waals surface area contributed by atoms with Crippen LogP contribution in [-0.2, 0) is 27.5 Å². The van der Waals surface area contributed by atoms with Crippen LogP contribution in [0.4, 0.5) is 23.2 Å². The Morgan fingerprint density at radius 1 is 1.11 bits per heavy atom. The van der Waals surface area contributed by atoms with E-state index in [9.17, 15) is 30.8 Å². The predicted molar refractivity (Wildman–Crippen MR) is 91.9 cm³/mol. The van der Waals surface area contributed by atoms with Crippen LogP contribution in [-0.4, -0.2) is 27.1 Å². The third kappa shape index (κ3) is 5.95. The molecule has 0 bridgehead atoms. The van der Waals surface area contributed by atoms with Crippen molar-refractivity contribution in [3.05, 3.63) is 65.5 Å². The van der Waals surface area contributed by atoms with E-state index in [4.69, 9.17) is 0 Å². The Kier molecular flexibility index (Phi) is 6.09. The minimum absolute atomic E-state index is 0.0354. The molecule has 0 saturated heterocycles. The van der Waals surface area contributed by atoms with Crippen LogP contribution in [0.3, 0.4) is 0 Å². The molecule has 10 heteroatoms. The lowest BCUT2D eigenvalue weighted by Gasteiger charge is -2.22. The third-order valence-electron chi connectivity index (χ3n) is 3.53. The highest BCUT2D eigenvalue weighted by molar-refractivity contribution is 7.92. The molecule has 0 atom stereocenters. The van der Waals surface area contributed by atoms with Gasteiger partial charge in [-0.1, -0.05) is 18.2 Å². The number of halogens is 4. The van der Waals surface area contributed by atoms with Crippen LogP contribution in [0.1, 0.15) is 11.1 Å². The minimum atomic E-state index is -4.51. The second-order valence-corrected chi connectivity index (χ2v) is 7.63. The molecule has 0 heterocycles. The summed E-state index contributed by atoms with van der Waals surface area (Å²) in [7, 11) is -3.88. The molecule has 0 spiro atoms. The maximum Gasteiger partial charge on any atom is 0.416 e. The normalized spacial score (nSPS) is 11.9. The van der Waals surface area contributed by atoms with Crippen molar-refractivity contribution in [2.24, 2.45) is 0 Å². The Morgan fingerprint density at radius 2 is 1.78 bits per heavy atom. The number of anilines is 1. The molecule has 27 heavy (non-hydrogen) atoms. The third-order valence-corrected chi connectivity index (χ3v) is 4.67. The van der Waals surface area contributed by atoms with Gasteiger partial charge in [0, 0.05) is 6.54 Å². The number of amides is 1. The Hall–Kier alpha value is -2.62. The smallest absolute Gasteiger partial charge is 0.350 e. The van der Waals surface area contributed by atoms with Gasteiger partial charge < -0.3 is 5.32 Å². The van der Waals surface area contributed by atoms with Gasteiger partial charge in [0.05, 0.1) is 17.5 Å². The van der Waals surface area contributed by atoms with E-state index in [0.29, 0.717) is 4.31 Å². The number of benzene rings is 2. The molecule has 0 fully saturated rings. The SMILES string of the molecule is CS(=O)(=O)N(CC(=O)NCc1cccc(C(F)(F)F)c1)c1cccc(F)c1. The number of nitrogens with zero attached hydrogens (tertiary/aromatic N) is 1. The molecule has 2 aromatic carbocycles. The number of carbonyl (C=O) groups is 1. The zero-order valence-corrected chi connectivity index (χ0v) is 14.9. The van der Waals surface area contributed by atoms with Gasteiger partial charge in [-0.05, 0) is 35.9 Å². The van der Waals surface area contributed by atoms with Crippen molar-refractivity contribution >= 4 is 21.6 Å². The van der Waals surface area contributed by atoms with E-state index in [2.05, 4.69) is 5.32 Å². The van der Waals surface area contributed by atoms with Crippen molar-refractivity contribution in [3.8, 4) is 0 Å². The van der Waals surface area contributed by atoms with Crippen molar-refractivity contribution in [3.63, 3.8) is 0 Å². The topological polar surface area (TPSA) is 66.5 Å². The van der Waals surface area contributed by atoms with E-state index in [0.717, 1.165) is 30.5 Å². The fourth-order valence-electron chi connectivity index (χ4n) is 2.28. The van der Waals surface area contributed by atoms with Gasteiger partial charge in [-0.3, -0.25) is 9.10 Å². The highest BCUT2D eigenvalue weighted by atomic mass is 32.2. The molecule has 0 unspecified atom stereocenters. The Bertz CT molecular complexity index is 930. The van der Waals surface area contributed by atoms with Crippen molar-refractivity contribution in [2.75, 3.05) is 17.1 Å². The van der Waals surface area contributed by atoms with Crippen LogP contribution >= 0.6 is 0 Å². The first-order chi connectivity index (χ1) is 12.5. The molecule has 5 nitrogen and oxygen atoms in total. The molecule has 0 aromatic heterocycles. The van der Waals surface area contributed by atoms with E-state index in [1.165, 1.54) is 24.3 Å². The molecule has 0 saturated carbocycles. The molecule has 2 rings (SSSR count). The van der Waals surface area contributed by atoms with Gasteiger partial charge in [0.1, 0.15) is 12.4 Å². The highest BCUT2D eigenvalue weighted by Crippen LogP contribution is 2.29. The number of rotatable bonds is 6. The summed E-state index contributed by atoms with van der Waals surface area (Å²) in [4.78, 5) is 12.1. The first-order valence-electron chi connectivity index (χ1n) is 7.63. The van der Waals surface area contributed by atoms with E-state index in [-0.39, 0.29) is 17.8 Å². The summed E-state index contributed by atoms with van der Waals surface area (Å²) in [6.07, 6.45) is -3.65. The largest absolute Gasteiger partial charge is 0.416 e. The van der Waals surface area contributed by atoms with Crippen LogP contribution in [0.5, 0.6) is 0 Å². The van der Waals surface area contributed by atoms with Crippen LogP contribution in [0.25, 0.3) is 0 Å². The fourth-order valence-corrected chi connectivity index (χ4v) is 3.12. The van der Waals surface area contributed by atoms with E-state index >= 15 is 0 Å². The summed E-state index contributed by atoms with van der Waals surface area (Å²) in [5.41, 5.74) is -0.687. The minimum Gasteiger partial charge on any atom is -0.350 e. The summed E-state index contributed by atoms with van der Waals surface area (Å²) in [5.74, 6) is -1.42. The molecule has 2 aromatic rings. The Labute approximate surface area is 153 Å². The van der Waals surface area contributed by atoms with E-state index in [1.807, 2.05) is 0 Å². The molecule has 1 N–H and O–H groups in total. The molecule has 1 amide bonds. The Morgan fingerprint density at radius 3 is 2.37 bits per heavy atom. The fraction of sp³-hybridized carbons (Fsp3) is 0.235. The second kappa shape index (κ2) is 7.95. The van der Waals surface area contributed by atoms with E-state index in [1.54, 1.807) is 0 Å². The molecule has 0 aliphatic heterocycles. The molecule has 146 valence electrons. The van der Waals surface area contributed by atoms with Gasteiger partial charge in [-0.25, -0.2) is 12.8 Å². The lowest BCUT2D eigenvalue weighted by atomic mass is 10.1. The summed E-state index contributed by atoms with van der Waals surface area (Å²) < 4.78 is 76.0. The summed E-state index contributed by atoms with van der Waals surface area (Å²) >= 11 is 0. The molecular formula is C17H16F4N2O3S. The number of nitrogens with one attached hydrogen (secondary N) is 1. The van der Waals surface area contributed by atoms with Gasteiger partial charge in [-0.15, -0.1) is 0 Å². The van der Waals surface area contributed by atoms with Crippen LogP contribution in [0, 0.1) is 5.82 Å². The standard InChI is InChI=1S/C17H16F4N2O3S/c1-27(25,26)23(15-7-3-6-14(18)9-15)11-16(24)22-10-12-4-2-5-13(8-12)17(19,20)21/h2-9H,10-11H2,1H3,(H,22,24). The summed E-state index contributed by atoms with van der Waals surface area (Å²) in [6.45, 7) is -0.856. The van der Waals surface area contributed by atoms with Gasteiger partial charge in [0.2, 0.25) is 15.9 Å². The zero-order valence-electron chi connectivity index (χ0n) is 14.1. The monoisotopic (exact) mass is 404 g/mol. The number of sulfonamides is 1. The predicted octanol–water partition coefficient (Wildman–Crippen LogP) is 2.93. The maximum absolute atomic E-state index is 13.3. The van der Waals surface area contributed by atoms with Crippen molar-refractivity contribution in [2.45, 2.75) is 12.7 Å². The zero-order chi connectivity index (χ0) is 20.2. The lowest BCUT2D eigenvalue weighted by Crippen LogP contribution is -2.40. The van der Waals surface area contributed by atoms with E-state index < -0.39 is 40.0 Å². The van der Waals surface area contributed by atoms with Gasteiger partial charge in [0.25, 0.3) is 0 Å². The van der Waals surface area contributed by atoms with Crippen LogP contribution in [0.15, 0.2) is 48.5 Å². The van der Waals surface area contributed by atoms with Gasteiger partial charge >= 0.3 is 6.18 Å². The summed E-state index contributed by atoms with van der Waals surface area (Å²) in [5, 5.41) is 2.36.